The van der Waals surface area contributed by atoms with E-state index in [0.29, 0.717) is 19.0 Å². The second-order valence-electron chi connectivity index (χ2n) is 8.57. The third-order valence-electron chi connectivity index (χ3n) is 6.08. The van der Waals surface area contributed by atoms with Crippen LogP contribution in [0, 0.1) is 0 Å². The molecule has 0 bridgehead atoms. The summed E-state index contributed by atoms with van der Waals surface area (Å²) in [6, 6.07) is 9.05. The second kappa shape index (κ2) is 9.61. The Morgan fingerprint density at radius 3 is 2.38 bits per heavy atom. The van der Waals surface area contributed by atoms with Crippen LogP contribution in [-0.4, -0.2) is 62.6 Å². The number of likely N-dealkylation sites (tertiary alicyclic amines) is 1. The van der Waals surface area contributed by atoms with Crippen LogP contribution < -0.4 is 5.32 Å². The molecule has 0 spiro atoms. The number of alkyl halides is 6. The molecule has 0 radical (unpaired) electrons. The average Bonchev–Trinajstić information content (AvgIpc) is 2.76. The Morgan fingerprint density at radius 2 is 1.82 bits per heavy atom. The Hall–Kier alpha value is -2.53. The van der Waals surface area contributed by atoms with Crippen molar-refractivity contribution in [2.75, 3.05) is 33.9 Å². The summed E-state index contributed by atoms with van der Waals surface area (Å²) < 4.78 is 88.8. The number of amides is 1. The summed E-state index contributed by atoms with van der Waals surface area (Å²) in [7, 11) is 2.67. The number of nitrogens with zero attached hydrogens (tertiary/aromatic N) is 1. The van der Waals surface area contributed by atoms with Gasteiger partial charge in [0.1, 0.15) is 5.76 Å². The Kier molecular flexibility index (Phi) is 7.37. The fourth-order valence-corrected chi connectivity index (χ4v) is 4.36. The van der Waals surface area contributed by atoms with E-state index in [2.05, 4.69) is 10.1 Å². The highest BCUT2D eigenvalue weighted by atomic mass is 19.4. The molecule has 1 amide bonds. The summed E-state index contributed by atoms with van der Waals surface area (Å²) in [5.74, 6) is -1.65. The number of benzene rings is 1. The van der Waals surface area contributed by atoms with Gasteiger partial charge in [0.25, 0.3) is 5.91 Å². The van der Waals surface area contributed by atoms with Crippen molar-refractivity contribution in [3.63, 3.8) is 0 Å². The van der Waals surface area contributed by atoms with Gasteiger partial charge in [0.15, 0.2) is 12.2 Å². The van der Waals surface area contributed by atoms with Gasteiger partial charge in [-0.1, -0.05) is 36.4 Å². The first kappa shape index (κ1) is 26.1. The number of hydrogen-bond acceptors (Lipinski definition) is 4. The van der Waals surface area contributed by atoms with Crippen molar-refractivity contribution in [2.24, 2.45) is 0 Å². The molecule has 5 nitrogen and oxygen atoms in total. The van der Waals surface area contributed by atoms with Crippen LogP contribution in [0.3, 0.4) is 0 Å². The fourth-order valence-electron chi connectivity index (χ4n) is 4.36. The summed E-state index contributed by atoms with van der Waals surface area (Å²) in [6.07, 6.45) is -7.92. The number of rotatable bonds is 6. The van der Waals surface area contributed by atoms with Gasteiger partial charge in [0, 0.05) is 20.1 Å². The lowest BCUT2D eigenvalue weighted by atomic mass is 9.81. The molecule has 2 aliphatic rings. The Morgan fingerprint density at radius 1 is 1.15 bits per heavy atom. The predicted octanol–water partition coefficient (Wildman–Crippen LogP) is 4.46. The van der Waals surface area contributed by atoms with Gasteiger partial charge in [-0.25, -0.2) is 0 Å². The molecule has 0 aromatic heterocycles. The van der Waals surface area contributed by atoms with Gasteiger partial charge in [-0.3, -0.25) is 4.79 Å². The molecule has 1 heterocycles. The van der Waals surface area contributed by atoms with Gasteiger partial charge >= 0.3 is 12.4 Å². The maximum atomic E-state index is 13.7. The number of likely N-dealkylation sites (N-methyl/N-ethyl adjacent to an activating group) is 1. The number of carbonyl (C=O) groups excluding carboxylic acids is 1. The first-order valence-corrected chi connectivity index (χ1v) is 10.6. The lowest BCUT2D eigenvalue weighted by Gasteiger charge is -2.43. The number of ether oxygens (including phenoxy) is 2. The van der Waals surface area contributed by atoms with Crippen LogP contribution in [0.25, 0.3) is 0 Å². The highest BCUT2D eigenvalue weighted by Crippen LogP contribution is 2.43. The molecule has 1 aliphatic heterocycles. The van der Waals surface area contributed by atoms with Crippen molar-refractivity contribution in [2.45, 2.75) is 42.8 Å². The number of carbonyl (C=O) groups is 1. The molecule has 188 valence electrons. The molecule has 3 rings (SSSR count). The minimum Gasteiger partial charge on any atom is -0.484 e. The van der Waals surface area contributed by atoms with Gasteiger partial charge in [-0.05, 0) is 38.1 Å². The van der Waals surface area contributed by atoms with Crippen molar-refractivity contribution in [1.82, 2.24) is 10.2 Å². The number of methoxy groups -OCH3 is 1. The molecule has 2 atom stereocenters. The van der Waals surface area contributed by atoms with E-state index in [1.54, 1.807) is 12.1 Å². The Bertz CT molecular complexity index is 944. The van der Waals surface area contributed by atoms with Crippen molar-refractivity contribution in [3.8, 4) is 0 Å². The van der Waals surface area contributed by atoms with Crippen molar-refractivity contribution >= 4 is 5.91 Å². The van der Waals surface area contributed by atoms with E-state index in [1.807, 2.05) is 30.1 Å². The molecule has 0 saturated carbocycles. The zero-order valence-corrected chi connectivity index (χ0v) is 18.7. The zero-order valence-electron chi connectivity index (χ0n) is 18.7. The van der Waals surface area contributed by atoms with Gasteiger partial charge < -0.3 is 19.7 Å². The molecular formula is C23H26F6N2O3. The molecule has 1 saturated heterocycles. The molecular weight excluding hydrogens is 466 g/mol. The third-order valence-corrected chi connectivity index (χ3v) is 6.08. The summed E-state index contributed by atoms with van der Waals surface area (Å²) in [5.41, 5.74) is -3.39. The minimum atomic E-state index is -4.94. The smallest absolute Gasteiger partial charge is 0.422 e. The topological polar surface area (TPSA) is 50.8 Å². The predicted molar refractivity (Wildman–Crippen MR) is 112 cm³/mol. The van der Waals surface area contributed by atoms with Crippen LogP contribution in [0.15, 0.2) is 53.8 Å². The number of piperidine rings is 1. The van der Waals surface area contributed by atoms with E-state index in [1.165, 1.54) is 0 Å². The monoisotopic (exact) mass is 492 g/mol. The fraction of sp³-hybridized carbons (Fsp3) is 0.522. The van der Waals surface area contributed by atoms with Crippen molar-refractivity contribution < 1.29 is 40.6 Å². The summed E-state index contributed by atoms with van der Waals surface area (Å²) >= 11 is 0. The highest BCUT2D eigenvalue weighted by Gasteiger charge is 2.56. The van der Waals surface area contributed by atoms with Gasteiger partial charge in [0.2, 0.25) is 0 Å². The average molecular weight is 492 g/mol. The van der Waals surface area contributed by atoms with E-state index < -0.39 is 53.8 Å². The molecule has 1 N–H and O–H groups in total. The normalized spacial score (nSPS) is 26.5. The second-order valence-corrected chi connectivity index (χ2v) is 8.57. The Balaban J connectivity index is 1.96. The quantitative estimate of drug-likeness (QED) is 0.596. The lowest BCUT2D eigenvalue weighted by molar-refractivity contribution is -0.249. The molecule has 1 aliphatic carbocycles. The van der Waals surface area contributed by atoms with Crippen LogP contribution in [0.4, 0.5) is 26.3 Å². The number of nitrogens with one attached hydrogen (secondary N) is 1. The van der Waals surface area contributed by atoms with E-state index in [-0.39, 0.29) is 0 Å². The maximum absolute atomic E-state index is 13.7. The Labute approximate surface area is 193 Å². The van der Waals surface area contributed by atoms with E-state index in [4.69, 9.17) is 4.74 Å². The maximum Gasteiger partial charge on any atom is 0.422 e. The third kappa shape index (κ3) is 5.57. The van der Waals surface area contributed by atoms with E-state index in [9.17, 15) is 31.1 Å². The molecule has 1 fully saturated rings. The standard InChI is InChI=1S/C23H26F6N2O3/c1-31-12-6-10-20(14-31,16-7-4-3-5-8-16)30-19(32)17-9-11-21(33-2,23(27,28)29)13-18(17)34-15-22(24,25)26/h3-5,7-9,13H,6,10-12,14-15H2,1-2H3,(H,30,32). The van der Waals surface area contributed by atoms with Gasteiger partial charge in [-0.15, -0.1) is 0 Å². The van der Waals surface area contributed by atoms with E-state index in [0.717, 1.165) is 31.7 Å². The van der Waals surface area contributed by atoms with Crippen LogP contribution in [0.1, 0.15) is 24.8 Å². The first-order valence-electron chi connectivity index (χ1n) is 10.6. The molecule has 1 aromatic carbocycles. The zero-order chi connectivity index (χ0) is 25.2. The molecule has 11 heteroatoms. The summed E-state index contributed by atoms with van der Waals surface area (Å²) in [6.45, 7) is -0.647. The minimum absolute atomic E-state index is 0.398. The molecule has 2 unspecified atom stereocenters. The SMILES string of the molecule is COC1(C(F)(F)F)C=C(OCC(F)(F)F)C(C(=O)NC2(c3ccccc3)CCCN(C)C2)=CC1. The summed E-state index contributed by atoms with van der Waals surface area (Å²) in [4.78, 5) is 15.3. The first-order chi connectivity index (χ1) is 15.8. The van der Waals surface area contributed by atoms with Crippen LogP contribution in [0.2, 0.25) is 0 Å². The highest BCUT2D eigenvalue weighted by molar-refractivity contribution is 5.98. The summed E-state index contributed by atoms with van der Waals surface area (Å²) in [5, 5.41) is 2.89. The molecule has 34 heavy (non-hydrogen) atoms. The van der Waals surface area contributed by atoms with Crippen molar-refractivity contribution in [1.29, 1.82) is 0 Å². The van der Waals surface area contributed by atoms with E-state index >= 15 is 0 Å². The van der Waals surface area contributed by atoms with Gasteiger partial charge in [-0.2, -0.15) is 26.3 Å². The molecule has 1 aromatic rings. The number of halogens is 6. The van der Waals surface area contributed by atoms with Crippen LogP contribution in [-0.2, 0) is 19.8 Å². The number of hydrogen-bond donors (Lipinski definition) is 1. The largest absolute Gasteiger partial charge is 0.484 e. The van der Waals surface area contributed by atoms with Crippen LogP contribution in [0.5, 0.6) is 0 Å². The van der Waals surface area contributed by atoms with Crippen molar-refractivity contribution in [3.05, 3.63) is 59.4 Å². The van der Waals surface area contributed by atoms with Crippen LogP contribution >= 0.6 is 0 Å². The van der Waals surface area contributed by atoms with Gasteiger partial charge in [0.05, 0.1) is 11.1 Å². The lowest BCUT2D eigenvalue weighted by Crippen LogP contribution is -2.56.